The third-order valence-corrected chi connectivity index (χ3v) is 6.65. The molecule has 2 aromatic carbocycles. The summed E-state index contributed by atoms with van der Waals surface area (Å²) in [5, 5.41) is 6.93. The van der Waals surface area contributed by atoms with Gasteiger partial charge in [-0.2, -0.15) is 5.06 Å². The first-order chi connectivity index (χ1) is 15.4. The predicted octanol–water partition coefficient (Wildman–Crippen LogP) is 3.68. The van der Waals surface area contributed by atoms with Crippen molar-refractivity contribution in [1.82, 2.24) is 15.1 Å². The molecule has 0 saturated carbocycles. The first-order valence-electron chi connectivity index (χ1n) is 11.7. The summed E-state index contributed by atoms with van der Waals surface area (Å²) in [6, 6.07) is 20.6. The van der Waals surface area contributed by atoms with Crippen LogP contribution < -0.4 is 15.2 Å². The van der Waals surface area contributed by atoms with Crippen LogP contribution in [0, 0.1) is 0 Å². The van der Waals surface area contributed by atoms with Gasteiger partial charge in [-0.25, -0.2) is 10.2 Å². The van der Waals surface area contributed by atoms with E-state index in [-0.39, 0.29) is 6.17 Å². The van der Waals surface area contributed by atoms with Gasteiger partial charge in [-0.05, 0) is 56.4 Å². The van der Waals surface area contributed by atoms with Gasteiger partial charge in [0.05, 0.1) is 18.8 Å². The minimum absolute atomic E-state index is 0.0743. The van der Waals surface area contributed by atoms with Crippen LogP contribution >= 0.6 is 0 Å². The Morgan fingerprint density at radius 1 is 0.903 bits per heavy atom. The average Bonchev–Trinajstić information content (AvgIpc) is 3.40. The second-order valence-corrected chi connectivity index (χ2v) is 8.63. The van der Waals surface area contributed by atoms with Crippen LogP contribution in [0.2, 0.25) is 0 Å². The first-order valence-corrected chi connectivity index (χ1v) is 11.7. The molecule has 0 bridgehead atoms. The van der Waals surface area contributed by atoms with Crippen LogP contribution in [0.5, 0.6) is 5.75 Å². The summed E-state index contributed by atoms with van der Waals surface area (Å²) in [6.07, 6.45) is 5.91. The molecule has 3 fully saturated rings. The van der Waals surface area contributed by atoms with Gasteiger partial charge in [-0.1, -0.05) is 36.4 Å². The highest BCUT2D eigenvalue weighted by Gasteiger charge is 2.51. The zero-order valence-corrected chi connectivity index (χ0v) is 18.2. The lowest BCUT2D eigenvalue weighted by Crippen LogP contribution is -2.73. The van der Waals surface area contributed by atoms with Crippen molar-refractivity contribution in [3.8, 4) is 5.75 Å². The SMILES string of the molecule is c1ccc(ON(c2ccccc2)C2CCCCN2C2(N3CCCC3)C[N]CCO2)cc1. The van der Waals surface area contributed by atoms with Gasteiger partial charge in [-0.15, -0.1) is 0 Å². The fraction of sp³-hybridized carbons (Fsp3) is 0.520. The van der Waals surface area contributed by atoms with Gasteiger partial charge in [-0.3, -0.25) is 4.90 Å². The van der Waals surface area contributed by atoms with E-state index in [0.29, 0.717) is 13.2 Å². The number of piperidine rings is 1. The summed E-state index contributed by atoms with van der Waals surface area (Å²) in [7, 11) is 0. The van der Waals surface area contributed by atoms with E-state index in [0.717, 1.165) is 44.0 Å². The van der Waals surface area contributed by atoms with E-state index in [2.05, 4.69) is 45.2 Å². The van der Waals surface area contributed by atoms with E-state index in [4.69, 9.17) is 14.9 Å². The lowest BCUT2D eigenvalue weighted by Gasteiger charge is -2.55. The molecular weight excluding hydrogens is 388 g/mol. The maximum absolute atomic E-state index is 6.63. The molecule has 1 radical (unpaired) electrons. The summed E-state index contributed by atoms with van der Waals surface area (Å²) in [4.78, 5) is 11.6. The summed E-state index contributed by atoms with van der Waals surface area (Å²) >= 11 is 0. The molecule has 3 aliphatic heterocycles. The van der Waals surface area contributed by atoms with Crippen molar-refractivity contribution in [2.24, 2.45) is 0 Å². The maximum atomic E-state index is 6.63. The van der Waals surface area contributed by atoms with Crippen LogP contribution in [-0.4, -0.2) is 61.1 Å². The molecule has 165 valence electrons. The van der Waals surface area contributed by atoms with E-state index in [1.54, 1.807) is 0 Å². The summed E-state index contributed by atoms with van der Waals surface area (Å²) < 4.78 is 6.63. The normalized spacial score (nSPS) is 27.8. The molecule has 3 aliphatic rings. The van der Waals surface area contributed by atoms with E-state index in [9.17, 15) is 0 Å². The number of benzene rings is 2. The first kappa shape index (κ1) is 20.8. The van der Waals surface area contributed by atoms with Crippen molar-refractivity contribution in [2.75, 3.05) is 44.4 Å². The number of anilines is 1. The number of para-hydroxylation sites is 2. The Kier molecular flexibility index (Phi) is 6.41. The monoisotopic (exact) mass is 421 g/mol. The number of hydroxylamine groups is 1. The molecule has 3 saturated heterocycles. The smallest absolute Gasteiger partial charge is 0.196 e. The van der Waals surface area contributed by atoms with Crippen LogP contribution in [0.15, 0.2) is 60.7 Å². The number of hydrogen-bond acceptors (Lipinski definition) is 5. The Morgan fingerprint density at radius 3 is 2.32 bits per heavy atom. The topological polar surface area (TPSA) is 42.3 Å². The highest BCUT2D eigenvalue weighted by atomic mass is 16.7. The zero-order chi connectivity index (χ0) is 20.9. The Morgan fingerprint density at radius 2 is 1.61 bits per heavy atom. The van der Waals surface area contributed by atoms with Crippen LogP contribution in [-0.2, 0) is 4.74 Å². The minimum Gasteiger partial charge on any atom is -0.378 e. The van der Waals surface area contributed by atoms with Crippen molar-refractivity contribution in [3.05, 3.63) is 60.7 Å². The molecule has 3 heterocycles. The van der Waals surface area contributed by atoms with Gasteiger partial charge in [0.25, 0.3) is 0 Å². The maximum Gasteiger partial charge on any atom is 0.196 e. The molecule has 2 atom stereocenters. The fourth-order valence-electron chi connectivity index (χ4n) is 5.18. The van der Waals surface area contributed by atoms with Crippen molar-refractivity contribution < 1.29 is 9.57 Å². The third-order valence-electron chi connectivity index (χ3n) is 6.65. The van der Waals surface area contributed by atoms with Crippen molar-refractivity contribution in [1.29, 1.82) is 0 Å². The molecule has 6 nitrogen and oxygen atoms in total. The quantitative estimate of drug-likeness (QED) is 0.666. The average molecular weight is 422 g/mol. The van der Waals surface area contributed by atoms with E-state index < -0.39 is 5.85 Å². The lowest BCUT2D eigenvalue weighted by atomic mass is 10.0. The van der Waals surface area contributed by atoms with Crippen molar-refractivity contribution in [2.45, 2.75) is 44.1 Å². The number of rotatable bonds is 6. The molecule has 31 heavy (non-hydrogen) atoms. The van der Waals surface area contributed by atoms with E-state index in [1.807, 2.05) is 30.3 Å². The number of likely N-dealkylation sites (tertiary alicyclic amines) is 2. The van der Waals surface area contributed by atoms with Crippen LogP contribution in [0.3, 0.4) is 0 Å². The standard InChI is InChI=1S/C25H33N4O2/c1-3-11-22(12-4-1)29(31-23-13-5-2-6-14-23)24-15-7-8-19-28(24)25(21-26-16-20-30-25)27-17-9-10-18-27/h1-6,11-14,24H,7-10,15-21H2. The molecule has 6 heteroatoms. The van der Waals surface area contributed by atoms with Crippen LogP contribution in [0.25, 0.3) is 0 Å². The number of nitrogens with zero attached hydrogens (tertiary/aromatic N) is 4. The Bertz CT molecular complexity index is 807. The number of ether oxygens (including phenoxy) is 1. The van der Waals surface area contributed by atoms with E-state index in [1.165, 1.54) is 25.7 Å². The molecule has 0 aliphatic carbocycles. The second-order valence-electron chi connectivity index (χ2n) is 8.63. The predicted molar refractivity (Wildman–Crippen MR) is 122 cm³/mol. The van der Waals surface area contributed by atoms with Crippen molar-refractivity contribution >= 4 is 5.69 Å². The highest BCUT2D eigenvalue weighted by Crippen LogP contribution is 2.37. The Labute approximate surface area is 185 Å². The number of morpholine rings is 1. The lowest BCUT2D eigenvalue weighted by molar-refractivity contribution is -0.272. The largest absolute Gasteiger partial charge is 0.378 e. The zero-order valence-electron chi connectivity index (χ0n) is 18.2. The van der Waals surface area contributed by atoms with Crippen LogP contribution in [0.1, 0.15) is 32.1 Å². The Balaban J connectivity index is 1.51. The second kappa shape index (κ2) is 9.57. The summed E-state index contributed by atoms with van der Waals surface area (Å²) in [6.45, 7) is 5.31. The Hall–Kier alpha value is -2.12. The van der Waals surface area contributed by atoms with E-state index >= 15 is 0 Å². The molecule has 0 N–H and O–H groups in total. The minimum atomic E-state index is -0.465. The summed E-state index contributed by atoms with van der Waals surface area (Å²) in [5.41, 5.74) is 1.06. The van der Waals surface area contributed by atoms with Crippen LogP contribution in [0.4, 0.5) is 5.69 Å². The molecule has 0 aromatic heterocycles. The van der Waals surface area contributed by atoms with Gasteiger partial charge in [0.15, 0.2) is 11.6 Å². The molecule has 2 unspecified atom stereocenters. The van der Waals surface area contributed by atoms with Crippen molar-refractivity contribution in [3.63, 3.8) is 0 Å². The molecule has 5 rings (SSSR count). The van der Waals surface area contributed by atoms with Gasteiger partial charge in [0.1, 0.15) is 6.17 Å². The molecular formula is C25H33N4O2. The van der Waals surface area contributed by atoms with Gasteiger partial charge >= 0.3 is 0 Å². The van der Waals surface area contributed by atoms with Gasteiger partial charge < -0.3 is 9.57 Å². The van der Waals surface area contributed by atoms with Gasteiger partial charge in [0.2, 0.25) is 0 Å². The van der Waals surface area contributed by atoms with Gasteiger partial charge in [0, 0.05) is 26.2 Å². The molecule has 0 amide bonds. The third kappa shape index (κ3) is 4.30. The number of hydrogen-bond donors (Lipinski definition) is 0. The molecule has 0 spiro atoms. The summed E-state index contributed by atoms with van der Waals surface area (Å²) in [5.74, 6) is 0.383. The molecule has 2 aromatic rings. The fourth-order valence-corrected chi connectivity index (χ4v) is 5.18. The highest BCUT2D eigenvalue weighted by molar-refractivity contribution is 5.45.